The van der Waals surface area contributed by atoms with E-state index in [9.17, 15) is 0 Å². The molecule has 1 atom stereocenters. The van der Waals surface area contributed by atoms with Crippen LogP contribution in [-0.4, -0.2) is 34.1 Å². The van der Waals surface area contributed by atoms with Crippen molar-refractivity contribution in [3.05, 3.63) is 36.1 Å². The van der Waals surface area contributed by atoms with Crippen molar-refractivity contribution in [2.45, 2.75) is 12.5 Å². The minimum Gasteiger partial charge on any atom is -0.490 e. The van der Waals surface area contributed by atoms with Crippen LogP contribution in [-0.2, 0) is 0 Å². The van der Waals surface area contributed by atoms with Crippen molar-refractivity contribution in [1.29, 1.82) is 0 Å². The average molecular weight is 277 g/mol. The Morgan fingerprint density at radius 1 is 1.32 bits per heavy atom. The highest BCUT2D eigenvalue weighted by atomic mass is 35.5. The molecule has 1 aliphatic heterocycles. The van der Waals surface area contributed by atoms with Crippen molar-refractivity contribution < 1.29 is 4.74 Å². The standard InChI is InChI=1S/C13H13ClN4O/c14-13-12(9-4-15-8-16-5-9)3-11(6-18-13)19-7-10-1-2-17-10/h3-6,8,10,17H,1-2,7H2. The molecule has 1 aliphatic rings. The van der Waals surface area contributed by atoms with Gasteiger partial charge in [-0.05, 0) is 19.0 Å². The van der Waals surface area contributed by atoms with Crippen LogP contribution in [0.3, 0.4) is 0 Å². The van der Waals surface area contributed by atoms with Gasteiger partial charge in [0.1, 0.15) is 23.8 Å². The molecule has 1 saturated heterocycles. The lowest BCUT2D eigenvalue weighted by Gasteiger charge is -2.27. The van der Waals surface area contributed by atoms with Crippen LogP contribution in [0.5, 0.6) is 5.75 Å². The number of nitrogens with zero attached hydrogens (tertiary/aromatic N) is 3. The second-order valence-electron chi connectivity index (χ2n) is 4.39. The maximum Gasteiger partial charge on any atom is 0.138 e. The molecule has 0 bridgehead atoms. The van der Waals surface area contributed by atoms with Crippen LogP contribution in [0.4, 0.5) is 0 Å². The number of halogens is 1. The van der Waals surface area contributed by atoms with E-state index >= 15 is 0 Å². The zero-order valence-corrected chi connectivity index (χ0v) is 11.0. The summed E-state index contributed by atoms with van der Waals surface area (Å²) in [5.74, 6) is 0.706. The summed E-state index contributed by atoms with van der Waals surface area (Å²) in [6.45, 7) is 1.72. The highest BCUT2D eigenvalue weighted by Crippen LogP contribution is 2.28. The largest absolute Gasteiger partial charge is 0.490 e. The molecule has 6 heteroatoms. The fourth-order valence-electron chi connectivity index (χ4n) is 1.84. The Morgan fingerprint density at radius 2 is 2.11 bits per heavy atom. The van der Waals surface area contributed by atoms with E-state index in [2.05, 4.69) is 20.3 Å². The van der Waals surface area contributed by atoms with Gasteiger partial charge in [0.25, 0.3) is 0 Å². The number of hydrogen-bond acceptors (Lipinski definition) is 5. The van der Waals surface area contributed by atoms with Gasteiger partial charge in [-0.25, -0.2) is 15.0 Å². The van der Waals surface area contributed by atoms with Crippen LogP contribution in [0.1, 0.15) is 6.42 Å². The van der Waals surface area contributed by atoms with Gasteiger partial charge >= 0.3 is 0 Å². The number of aromatic nitrogens is 3. The fraction of sp³-hybridized carbons (Fsp3) is 0.308. The molecule has 1 fully saturated rings. The summed E-state index contributed by atoms with van der Waals surface area (Å²) < 4.78 is 5.70. The molecule has 3 heterocycles. The van der Waals surface area contributed by atoms with E-state index in [0.29, 0.717) is 23.6 Å². The van der Waals surface area contributed by atoms with Crippen molar-refractivity contribution in [2.75, 3.05) is 13.2 Å². The molecule has 0 radical (unpaired) electrons. The maximum atomic E-state index is 6.10. The average Bonchev–Trinajstić information content (AvgIpc) is 2.40. The summed E-state index contributed by atoms with van der Waals surface area (Å²) in [6, 6.07) is 2.31. The SMILES string of the molecule is Clc1ncc(OCC2CCN2)cc1-c1cncnc1. The van der Waals surface area contributed by atoms with Gasteiger partial charge in [-0.2, -0.15) is 0 Å². The van der Waals surface area contributed by atoms with Crippen molar-refractivity contribution in [3.63, 3.8) is 0 Å². The molecule has 3 rings (SSSR count). The first-order chi connectivity index (χ1) is 9.33. The molecular weight excluding hydrogens is 264 g/mol. The molecule has 2 aromatic heterocycles. The normalized spacial score (nSPS) is 17.8. The number of rotatable bonds is 4. The Labute approximate surface area is 116 Å². The van der Waals surface area contributed by atoms with Crippen LogP contribution >= 0.6 is 11.6 Å². The second kappa shape index (κ2) is 5.50. The predicted molar refractivity (Wildman–Crippen MR) is 72.2 cm³/mol. The van der Waals surface area contributed by atoms with Crippen LogP contribution in [0.15, 0.2) is 31.0 Å². The lowest BCUT2D eigenvalue weighted by molar-refractivity contribution is 0.217. The van der Waals surface area contributed by atoms with Crippen LogP contribution < -0.4 is 10.1 Å². The summed E-state index contributed by atoms with van der Waals surface area (Å²) >= 11 is 6.10. The summed E-state index contributed by atoms with van der Waals surface area (Å²) in [5, 5.41) is 3.70. The Hall–Kier alpha value is -1.72. The van der Waals surface area contributed by atoms with Crippen LogP contribution in [0.25, 0.3) is 11.1 Å². The lowest BCUT2D eigenvalue weighted by Crippen LogP contribution is -2.46. The van der Waals surface area contributed by atoms with E-state index in [4.69, 9.17) is 16.3 Å². The number of ether oxygens (including phenoxy) is 1. The summed E-state index contributed by atoms with van der Waals surface area (Å²) in [4.78, 5) is 12.1. The topological polar surface area (TPSA) is 59.9 Å². The molecule has 1 N–H and O–H groups in total. The highest BCUT2D eigenvalue weighted by Gasteiger charge is 2.17. The summed E-state index contributed by atoms with van der Waals surface area (Å²) in [5.41, 5.74) is 1.61. The maximum absolute atomic E-state index is 6.10. The third-order valence-corrected chi connectivity index (χ3v) is 3.36. The number of hydrogen-bond donors (Lipinski definition) is 1. The molecule has 0 aromatic carbocycles. The summed E-state index contributed by atoms with van der Waals surface area (Å²) in [7, 11) is 0. The third kappa shape index (κ3) is 2.83. The van der Waals surface area contributed by atoms with Gasteiger partial charge in [-0.15, -0.1) is 0 Å². The zero-order valence-electron chi connectivity index (χ0n) is 10.2. The molecule has 1 unspecified atom stereocenters. The molecule has 0 saturated carbocycles. The van der Waals surface area contributed by atoms with E-state index in [0.717, 1.165) is 24.1 Å². The first-order valence-electron chi connectivity index (χ1n) is 6.10. The lowest BCUT2D eigenvalue weighted by atomic mass is 10.1. The van der Waals surface area contributed by atoms with Crippen LogP contribution in [0, 0.1) is 0 Å². The van der Waals surface area contributed by atoms with Gasteiger partial charge in [0, 0.05) is 29.6 Å². The molecule has 19 heavy (non-hydrogen) atoms. The molecule has 0 spiro atoms. The predicted octanol–water partition coefficient (Wildman–Crippen LogP) is 1.93. The highest BCUT2D eigenvalue weighted by molar-refractivity contribution is 6.32. The quantitative estimate of drug-likeness (QED) is 0.865. The minimum absolute atomic E-state index is 0.420. The molecule has 5 nitrogen and oxygen atoms in total. The van der Waals surface area contributed by atoms with E-state index in [-0.39, 0.29) is 0 Å². The second-order valence-corrected chi connectivity index (χ2v) is 4.75. The Kier molecular flexibility index (Phi) is 3.57. The van der Waals surface area contributed by atoms with E-state index < -0.39 is 0 Å². The van der Waals surface area contributed by atoms with Gasteiger partial charge < -0.3 is 10.1 Å². The van der Waals surface area contributed by atoms with Gasteiger partial charge in [0.05, 0.1) is 6.20 Å². The van der Waals surface area contributed by atoms with Crippen molar-refractivity contribution in [3.8, 4) is 16.9 Å². The molecule has 98 valence electrons. The first kappa shape index (κ1) is 12.3. The van der Waals surface area contributed by atoms with E-state index in [1.54, 1.807) is 18.6 Å². The Bertz CT molecular complexity index is 560. The summed E-state index contributed by atoms with van der Waals surface area (Å²) in [6.07, 6.45) is 7.67. The smallest absolute Gasteiger partial charge is 0.138 e. The Balaban J connectivity index is 1.79. The van der Waals surface area contributed by atoms with Crippen molar-refractivity contribution in [1.82, 2.24) is 20.3 Å². The van der Waals surface area contributed by atoms with Gasteiger partial charge in [-0.1, -0.05) is 11.6 Å². The molecular formula is C13H13ClN4O. The zero-order chi connectivity index (χ0) is 13.1. The van der Waals surface area contributed by atoms with Crippen LogP contribution in [0.2, 0.25) is 5.15 Å². The molecule has 2 aromatic rings. The minimum atomic E-state index is 0.420. The molecule has 0 aliphatic carbocycles. The van der Waals surface area contributed by atoms with Gasteiger partial charge in [-0.3, -0.25) is 0 Å². The van der Waals surface area contributed by atoms with Crippen molar-refractivity contribution >= 4 is 11.6 Å². The fourth-order valence-corrected chi connectivity index (χ4v) is 2.05. The molecule has 0 amide bonds. The van der Waals surface area contributed by atoms with Crippen molar-refractivity contribution in [2.24, 2.45) is 0 Å². The number of nitrogens with one attached hydrogen (secondary N) is 1. The number of pyridine rings is 1. The van der Waals surface area contributed by atoms with Gasteiger partial charge in [0.15, 0.2) is 0 Å². The Morgan fingerprint density at radius 3 is 2.79 bits per heavy atom. The third-order valence-electron chi connectivity index (χ3n) is 3.06. The van der Waals surface area contributed by atoms with E-state index in [1.165, 1.54) is 6.33 Å². The van der Waals surface area contributed by atoms with Gasteiger partial charge in [0.2, 0.25) is 0 Å². The van der Waals surface area contributed by atoms with E-state index in [1.807, 2.05) is 6.07 Å². The monoisotopic (exact) mass is 276 g/mol. The first-order valence-corrected chi connectivity index (χ1v) is 6.48.